The molecule has 0 unspecified atom stereocenters. The van der Waals surface area contributed by atoms with Crippen LogP contribution < -0.4 is 4.74 Å². The number of hydrogen-bond donors (Lipinski definition) is 0. The van der Waals surface area contributed by atoms with E-state index in [1.54, 1.807) is 0 Å². The normalized spacial score (nSPS) is 10.9. The molecule has 0 radical (unpaired) electrons. The standard InChI is InChI=1S/C17H18Br2O/c1-11(2)14-6-4-12(3)17(9-14)20-16-7-5-13(10-18)8-15(16)19/h4-9,11H,10H2,1-3H3. The first-order valence-electron chi connectivity index (χ1n) is 6.64. The van der Waals surface area contributed by atoms with Crippen molar-refractivity contribution in [3.05, 3.63) is 57.6 Å². The summed E-state index contributed by atoms with van der Waals surface area (Å²) < 4.78 is 7.04. The Morgan fingerprint density at radius 2 is 1.80 bits per heavy atom. The van der Waals surface area contributed by atoms with E-state index in [0.29, 0.717) is 5.92 Å². The Bertz CT molecular complexity index is 606. The van der Waals surface area contributed by atoms with Crippen molar-refractivity contribution in [2.75, 3.05) is 0 Å². The lowest BCUT2D eigenvalue weighted by Crippen LogP contribution is -1.93. The number of aryl methyl sites for hydroxylation is 1. The molecule has 0 saturated heterocycles. The summed E-state index contributed by atoms with van der Waals surface area (Å²) in [5.41, 5.74) is 3.65. The maximum atomic E-state index is 6.07. The molecule has 0 aliphatic heterocycles. The molecule has 0 heterocycles. The molecule has 0 aromatic heterocycles. The van der Waals surface area contributed by atoms with Gasteiger partial charge in [0.25, 0.3) is 0 Å². The third kappa shape index (κ3) is 3.64. The highest BCUT2D eigenvalue weighted by Crippen LogP contribution is 2.34. The average Bonchev–Trinajstić information content (AvgIpc) is 2.42. The summed E-state index contributed by atoms with van der Waals surface area (Å²) >= 11 is 7.03. The van der Waals surface area contributed by atoms with Crippen molar-refractivity contribution in [3.63, 3.8) is 0 Å². The fourth-order valence-corrected chi connectivity index (χ4v) is 2.77. The molecule has 0 spiro atoms. The quantitative estimate of drug-likeness (QED) is 0.530. The largest absolute Gasteiger partial charge is 0.456 e. The smallest absolute Gasteiger partial charge is 0.141 e. The molecule has 2 aromatic rings. The molecular weight excluding hydrogens is 380 g/mol. The lowest BCUT2D eigenvalue weighted by molar-refractivity contribution is 0.474. The van der Waals surface area contributed by atoms with Crippen LogP contribution in [0.25, 0.3) is 0 Å². The van der Waals surface area contributed by atoms with Crippen LogP contribution in [0, 0.1) is 6.92 Å². The highest BCUT2D eigenvalue weighted by molar-refractivity contribution is 9.10. The summed E-state index contributed by atoms with van der Waals surface area (Å²) in [6.45, 7) is 6.45. The summed E-state index contributed by atoms with van der Waals surface area (Å²) in [5.74, 6) is 2.26. The van der Waals surface area contributed by atoms with Crippen molar-refractivity contribution in [2.24, 2.45) is 0 Å². The van der Waals surface area contributed by atoms with Crippen LogP contribution in [0.15, 0.2) is 40.9 Å². The van der Waals surface area contributed by atoms with E-state index in [0.717, 1.165) is 26.9 Å². The van der Waals surface area contributed by atoms with Gasteiger partial charge in [-0.25, -0.2) is 0 Å². The van der Waals surface area contributed by atoms with E-state index in [1.807, 2.05) is 6.07 Å². The van der Waals surface area contributed by atoms with Crippen LogP contribution in [0.3, 0.4) is 0 Å². The van der Waals surface area contributed by atoms with Gasteiger partial charge in [0, 0.05) is 5.33 Å². The van der Waals surface area contributed by atoms with Gasteiger partial charge in [0.1, 0.15) is 11.5 Å². The van der Waals surface area contributed by atoms with E-state index in [1.165, 1.54) is 11.1 Å². The van der Waals surface area contributed by atoms with Crippen molar-refractivity contribution >= 4 is 31.9 Å². The Kier molecular flexibility index (Phi) is 5.28. The van der Waals surface area contributed by atoms with Crippen LogP contribution in [0.4, 0.5) is 0 Å². The molecule has 2 rings (SSSR count). The van der Waals surface area contributed by atoms with Crippen LogP contribution in [0.2, 0.25) is 0 Å². The predicted octanol–water partition coefficient (Wildman–Crippen LogP) is 6.57. The fourth-order valence-electron chi connectivity index (χ4n) is 1.91. The summed E-state index contributed by atoms with van der Waals surface area (Å²) in [7, 11) is 0. The highest BCUT2D eigenvalue weighted by Gasteiger charge is 2.08. The first-order valence-corrected chi connectivity index (χ1v) is 8.55. The molecule has 1 nitrogen and oxygen atoms in total. The summed E-state index contributed by atoms with van der Waals surface area (Å²) in [5, 5.41) is 0.841. The Morgan fingerprint density at radius 1 is 1.05 bits per heavy atom. The van der Waals surface area contributed by atoms with Crippen molar-refractivity contribution < 1.29 is 4.74 Å². The van der Waals surface area contributed by atoms with Gasteiger partial charge in [-0.15, -0.1) is 0 Å². The summed E-state index contributed by atoms with van der Waals surface area (Å²) in [6, 6.07) is 12.6. The lowest BCUT2D eigenvalue weighted by Gasteiger charge is -2.14. The minimum atomic E-state index is 0.497. The second-order valence-electron chi connectivity index (χ2n) is 5.18. The highest BCUT2D eigenvalue weighted by atomic mass is 79.9. The van der Waals surface area contributed by atoms with E-state index in [4.69, 9.17) is 4.74 Å². The molecule has 0 saturated carbocycles. The lowest BCUT2D eigenvalue weighted by atomic mass is 10.0. The van der Waals surface area contributed by atoms with E-state index >= 15 is 0 Å². The molecule has 3 heteroatoms. The Labute approximate surface area is 137 Å². The fraction of sp³-hybridized carbons (Fsp3) is 0.294. The molecule has 2 aromatic carbocycles. The molecule has 0 amide bonds. The Morgan fingerprint density at radius 3 is 2.40 bits per heavy atom. The van der Waals surface area contributed by atoms with Gasteiger partial charge in [-0.05, 0) is 63.7 Å². The monoisotopic (exact) mass is 396 g/mol. The van der Waals surface area contributed by atoms with E-state index in [9.17, 15) is 0 Å². The minimum Gasteiger partial charge on any atom is -0.456 e. The molecule has 106 valence electrons. The molecule has 0 aliphatic rings. The minimum absolute atomic E-state index is 0.497. The summed E-state index contributed by atoms with van der Waals surface area (Å²) in [4.78, 5) is 0. The van der Waals surface area contributed by atoms with Gasteiger partial charge in [0.2, 0.25) is 0 Å². The van der Waals surface area contributed by atoms with Gasteiger partial charge in [-0.2, -0.15) is 0 Å². The maximum Gasteiger partial charge on any atom is 0.141 e. The van der Waals surface area contributed by atoms with Crippen molar-refractivity contribution in [3.8, 4) is 11.5 Å². The molecule has 20 heavy (non-hydrogen) atoms. The number of halogens is 2. The Hall–Kier alpha value is -0.800. The number of alkyl halides is 1. The number of benzene rings is 2. The second kappa shape index (κ2) is 6.77. The van der Waals surface area contributed by atoms with Crippen LogP contribution in [-0.2, 0) is 5.33 Å². The molecule has 0 fully saturated rings. The third-order valence-electron chi connectivity index (χ3n) is 3.25. The van der Waals surface area contributed by atoms with E-state index in [2.05, 4.69) is 83.0 Å². The number of ether oxygens (including phenoxy) is 1. The van der Waals surface area contributed by atoms with Crippen molar-refractivity contribution in [1.82, 2.24) is 0 Å². The van der Waals surface area contributed by atoms with Gasteiger partial charge >= 0.3 is 0 Å². The molecule has 0 atom stereocenters. The van der Waals surface area contributed by atoms with Crippen molar-refractivity contribution in [1.29, 1.82) is 0 Å². The first kappa shape index (κ1) is 15.6. The molecule has 0 aliphatic carbocycles. The summed E-state index contributed by atoms with van der Waals surface area (Å²) in [6.07, 6.45) is 0. The average molecular weight is 398 g/mol. The van der Waals surface area contributed by atoms with Crippen LogP contribution >= 0.6 is 31.9 Å². The van der Waals surface area contributed by atoms with Crippen LogP contribution in [-0.4, -0.2) is 0 Å². The second-order valence-corrected chi connectivity index (χ2v) is 6.60. The molecule has 0 bridgehead atoms. The van der Waals surface area contributed by atoms with Gasteiger partial charge in [0.05, 0.1) is 4.47 Å². The predicted molar refractivity (Wildman–Crippen MR) is 92.1 cm³/mol. The number of hydrogen-bond acceptors (Lipinski definition) is 1. The van der Waals surface area contributed by atoms with Crippen molar-refractivity contribution in [2.45, 2.75) is 32.0 Å². The van der Waals surface area contributed by atoms with Gasteiger partial charge < -0.3 is 4.74 Å². The SMILES string of the molecule is Cc1ccc(C(C)C)cc1Oc1ccc(CBr)cc1Br. The molecule has 0 N–H and O–H groups in total. The maximum absolute atomic E-state index is 6.07. The van der Waals surface area contributed by atoms with Crippen LogP contribution in [0.5, 0.6) is 11.5 Å². The molecular formula is C17H18Br2O. The third-order valence-corrected chi connectivity index (χ3v) is 4.52. The van der Waals surface area contributed by atoms with Gasteiger partial charge in [0.15, 0.2) is 0 Å². The van der Waals surface area contributed by atoms with E-state index < -0.39 is 0 Å². The first-order chi connectivity index (χ1) is 9.51. The van der Waals surface area contributed by atoms with E-state index in [-0.39, 0.29) is 0 Å². The van der Waals surface area contributed by atoms with Crippen LogP contribution in [0.1, 0.15) is 36.5 Å². The zero-order valence-corrected chi connectivity index (χ0v) is 15.1. The van der Waals surface area contributed by atoms with Gasteiger partial charge in [-0.1, -0.05) is 48.0 Å². The zero-order valence-electron chi connectivity index (χ0n) is 11.9. The number of rotatable bonds is 4. The Balaban J connectivity index is 2.32. The van der Waals surface area contributed by atoms with Gasteiger partial charge in [-0.3, -0.25) is 0 Å². The zero-order chi connectivity index (χ0) is 14.7. The topological polar surface area (TPSA) is 9.23 Å².